The van der Waals surface area contributed by atoms with E-state index in [2.05, 4.69) is 23.6 Å². The molecule has 0 spiro atoms. The summed E-state index contributed by atoms with van der Waals surface area (Å²) in [5, 5.41) is 4.22. The lowest BCUT2D eigenvalue weighted by Crippen LogP contribution is -2.07. The number of para-hydroxylation sites is 1. The van der Waals surface area contributed by atoms with Gasteiger partial charge in [-0.15, -0.1) is 22.7 Å². The minimum absolute atomic E-state index is 0.0916. The molecule has 0 amide bonds. The molecule has 0 N–H and O–H groups in total. The molecule has 2 aromatic carbocycles. The second-order valence-electron chi connectivity index (χ2n) is 6.78. The molecule has 0 atom stereocenters. The van der Waals surface area contributed by atoms with Crippen molar-refractivity contribution in [3.8, 4) is 0 Å². The number of thiophene rings is 2. The molecule has 5 rings (SSSR count). The predicted molar refractivity (Wildman–Crippen MR) is 118 cm³/mol. The van der Waals surface area contributed by atoms with E-state index >= 15 is 0 Å². The van der Waals surface area contributed by atoms with Gasteiger partial charge in [0.1, 0.15) is 0 Å². The summed E-state index contributed by atoms with van der Waals surface area (Å²) in [6.07, 6.45) is -0.0916. The van der Waals surface area contributed by atoms with Crippen LogP contribution < -0.4 is 0 Å². The second-order valence-corrected chi connectivity index (χ2v) is 8.81. The van der Waals surface area contributed by atoms with Crippen molar-refractivity contribution in [2.24, 2.45) is 0 Å². The van der Waals surface area contributed by atoms with Gasteiger partial charge in [0.2, 0.25) is 0 Å². The molecule has 28 heavy (non-hydrogen) atoms. The van der Waals surface area contributed by atoms with Crippen molar-refractivity contribution in [1.82, 2.24) is 4.57 Å². The number of nitrogens with zero attached hydrogens (tertiary/aromatic N) is 1. The standard InChI is InChI=1S/C23H17NO2S2/c1-2-24-17-6-4-3-5-15(17)16-11-14(7-8-18(16)24)19(25)12-20(26)22-13-23-21(28-22)9-10-27-23/h3-11,13H,2,12H2,1H3. The van der Waals surface area contributed by atoms with Gasteiger partial charge in [-0.05, 0) is 48.7 Å². The van der Waals surface area contributed by atoms with Crippen molar-refractivity contribution in [2.75, 3.05) is 0 Å². The Bertz CT molecular complexity index is 1340. The number of benzene rings is 2. The maximum absolute atomic E-state index is 12.8. The average molecular weight is 404 g/mol. The molecule has 5 aromatic rings. The molecule has 0 aliphatic carbocycles. The Labute approximate surface area is 169 Å². The fourth-order valence-corrected chi connectivity index (χ4v) is 5.85. The lowest BCUT2D eigenvalue weighted by atomic mass is 10.0. The van der Waals surface area contributed by atoms with Gasteiger partial charge in [-0.1, -0.05) is 18.2 Å². The third-order valence-electron chi connectivity index (χ3n) is 5.15. The number of fused-ring (bicyclic) bond motifs is 4. The van der Waals surface area contributed by atoms with Crippen LogP contribution in [0.3, 0.4) is 0 Å². The summed E-state index contributed by atoms with van der Waals surface area (Å²) in [5.41, 5.74) is 2.88. The largest absolute Gasteiger partial charge is 0.341 e. The Kier molecular flexibility index (Phi) is 4.14. The average Bonchev–Trinajstić information content (AvgIpc) is 3.39. The zero-order chi connectivity index (χ0) is 19.3. The number of hydrogen-bond acceptors (Lipinski definition) is 4. The van der Waals surface area contributed by atoms with Gasteiger partial charge in [0.05, 0.1) is 11.3 Å². The maximum Gasteiger partial charge on any atom is 0.180 e. The van der Waals surface area contributed by atoms with E-state index < -0.39 is 0 Å². The summed E-state index contributed by atoms with van der Waals surface area (Å²) in [5.74, 6) is -0.230. The highest BCUT2D eigenvalue weighted by atomic mass is 32.1. The lowest BCUT2D eigenvalue weighted by Gasteiger charge is -2.04. The van der Waals surface area contributed by atoms with E-state index in [-0.39, 0.29) is 18.0 Å². The SMILES string of the molecule is CCn1c2ccccc2c2cc(C(=O)CC(=O)c3cc4sccc4s3)ccc21. The third-order valence-corrected chi connectivity index (χ3v) is 7.28. The Morgan fingerprint density at radius 1 is 0.893 bits per heavy atom. The van der Waals surface area contributed by atoms with E-state index in [1.54, 1.807) is 11.3 Å². The van der Waals surface area contributed by atoms with Crippen LogP contribution >= 0.6 is 22.7 Å². The molecule has 3 heterocycles. The van der Waals surface area contributed by atoms with Crippen LogP contribution in [0, 0.1) is 0 Å². The minimum atomic E-state index is -0.128. The van der Waals surface area contributed by atoms with Gasteiger partial charge in [-0.25, -0.2) is 0 Å². The second kappa shape index (κ2) is 6.69. The number of hydrogen-bond donors (Lipinski definition) is 0. The molecule has 0 fully saturated rings. The molecule has 0 saturated heterocycles. The van der Waals surface area contributed by atoms with Crippen LogP contribution in [0.25, 0.3) is 31.2 Å². The number of carbonyl (C=O) groups is 2. The molecule has 0 bridgehead atoms. The normalized spacial score (nSPS) is 11.6. The minimum Gasteiger partial charge on any atom is -0.341 e. The van der Waals surface area contributed by atoms with Crippen LogP contribution in [-0.4, -0.2) is 16.1 Å². The molecule has 0 radical (unpaired) electrons. The molecule has 3 nitrogen and oxygen atoms in total. The fraction of sp³-hybridized carbons (Fsp3) is 0.130. The van der Waals surface area contributed by atoms with Crippen molar-refractivity contribution in [1.29, 1.82) is 0 Å². The monoisotopic (exact) mass is 403 g/mol. The van der Waals surface area contributed by atoms with Crippen LogP contribution in [0.4, 0.5) is 0 Å². The van der Waals surface area contributed by atoms with E-state index in [4.69, 9.17) is 0 Å². The maximum atomic E-state index is 12.8. The van der Waals surface area contributed by atoms with E-state index in [0.29, 0.717) is 10.4 Å². The Morgan fingerprint density at radius 2 is 1.71 bits per heavy atom. The van der Waals surface area contributed by atoms with E-state index in [1.807, 2.05) is 47.8 Å². The smallest absolute Gasteiger partial charge is 0.180 e. The van der Waals surface area contributed by atoms with Gasteiger partial charge in [0, 0.05) is 43.3 Å². The topological polar surface area (TPSA) is 39.1 Å². The number of aromatic nitrogens is 1. The zero-order valence-electron chi connectivity index (χ0n) is 15.3. The van der Waals surface area contributed by atoms with E-state index in [0.717, 1.165) is 32.2 Å². The van der Waals surface area contributed by atoms with E-state index in [1.165, 1.54) is 16.9 Å². The molecular formula is C23H17NO2S2. The quantitative estimate of drug-likeness (QED) is 0.247. The number of carbonyl (C=O) groups excluding carboxylic acids is 2. The first-order valence-corrected chi connectivity index (χ1v) is 10.9. The Balaban J connectivity index is 1.50. The van der Waals surface area contributed by atoms with Gasteiger partial charge >= 0.3 is 0 Å². The molecule has 0 saturated carbocycles. The van der Waals surface area contributed by atoms with Gasteiger partial charge in [-0.2, -0.15) is 0 Å². The molecule has 0 aliphatic rings. The van der Waals surface area contributed by atoms with Crippen LogP contribution in [0.15, 0.2) is 60.0 Å². The van der Waals surface area contributed by atoms with Gasteiger partial charge in [0.15, 0.2) is 11.6 Å². The fourth-order valence-electron chi connectivity index (χ4n) is 3.81. The van der Waals surface area contributed by atoms with Gasteiger partial charge < -0.3 is 4.57 Å². The number of aryl methyl sites for hydroxylation is 1. The molecule has 138 valence electrons. The predicted octanol–water partition coefficient (Wildman–Crippen LogP) is 6.55. The third kappa shape index (κ3) is 2.70. The number of rotatable bonds is 5. The zero-order valence-corrected chi connectivity index (χ0v) is 16.9. The van der Waals surface area contributed by atoms with E-state index in [9.17, 15) is 9.59 Å². The first-order valence-electron chi connectivity index (χ1n) is 9.20. The highest BCUT2D eigenvalue weighted by molar-refractivity contribution is 7.27. The van der Waals surface area contributed by atoms with Crippen LogP contribution in [0.2, 0.25) is 0 Å². The molecule has 3 aromatic heterocycles. The first kappa shape index (κ1) is 17.3. The van der Waals surface area contributed by atoms with Gasteiger partial charge in [0.25, 0.3) is 0 Å². The van der Waals surface area contributed by atoms with Crippen molar-refractivity contribution in [3.63, 3.8) is 0 Å². The van der Waals surface area contributed by atoms with Crippen LogP contribution in [0.1, 0.15) is 33.4 Å². The summed E-state index contributed by atoms with van der Waals surface area (Å²) in [7, 11) is 0. The summed E-state index contributed by atoms with van der Waals surface area (Å²) >= 11 is 3.08. The summed E-state index contributed by atoms with van der Waals surface area (Å²) in [4.78, 5) is 26.1. The summed E-state index contributed by atoms with van der Waals surface area (Å²) < 4.78 is 4.46. The van der Waals surface area contributed by atoms with Crippen molar-refractivity contribution >= 4 is 65.4 Å². The first-order chi connectivity index (χ1) is 13.7. The Hall–Kier alpha value is -2.76. The van der Waals surface area contributed by atoms with Crippen molar-refractivity contribution in [3.05, 3.63) is 70.4 Å². The molecule has 5 heteroatoms. The highest BCUT2D eigenvalue weighted by Gasteiger charge is 2.18. The molecular weight excluding hydrogens is 386 g/mol. The van der Waals surface area contributed by atoms with Crippen molar-refractivity contribution < 1.29 is 9.59 Å². The number of ketones is 2. The Morgan fingerprint density at radius 3 is 2.54 bits per heavy atom. The molecule has 0 unspecified atom stereocenters. The van der Waals surface area contributed by atoms with Gasteiger partial charge in [-0.3, -0.25) is 9.59 Å². The lowest BCUT2D eigenvalue weighted by molar-refractivity contribution is 0.0896. The molecule has 0 aliphatic heterocycles. The highest BCUT2D eigenvalue weighted by Crippen LogP contribution is 2.32. The van der Waals surface area contributed by atoms with Crippen LogP contribution in [0.5, 0.6) is 0 Å². The van der Waals surface area contributed by atoms with Crippen LogP contribution in [-0.2, 0) is 6.54 Å². The summed E-state index contributed by atoms with van der Waals surface area (Å²) in [6, 6.07) is 17.9. The summed E-state index contributed by atoms with van der Waals surface area (Å²) in [6.45, 7) is 2.99. The van der Waals surface area contributed by atoms with Crippen molar-refractivity contribution in [2.45, 2.75) is 19.9 Å². The number of Topliss-reactive ketones (excluding diaryl/α,β-unsaturated/α-hetero) is 2.